The summed E-state index contributed by atoms with van der Waals surface area (Å²) in [4.78, 5) is 24.5. The molecule has 0 atom stereocenters. The molecule has 1 fully saturated rings. The van der Waals surface area contributed by atoms with E-state index >= 15 is 0 Å². The monoisotopic (exact) mass is 264 g/mol. The van der Waals surface area contributed by atoms with Crippen molar-refractivity contribution in [3.8, 4) is 11.5 Å². The lowest BCUT2D eigenvalue weighted by atomic mass is 10.3. The number of carbonyl (C=O) groups excluding carboxylic acids is 2. The van der Waals surface area contributed by atoms with Gasteiger partial charge in [-0.25, -0.2) is 0 Å². The van der Waals surface area contributed by atoms with Crippen molar-refractivity contribution >= 4 is 11.8 Å². The molecule has 0 aromatic heterocycles. The molecule has 1 aliphatic heterocycles. The minimum Gasteiger partial charge on any atom is -0.497 e. The SMILES string of the molecule is COc1ccc(OCC(=O)N2CCNC(=O)C2)cc1. The van der Waals surface area contributed by atoms with Crippen molar-refractivity contribution in [3.05, 3.63) is 24.3 Å². The van der Waals surface area contributed by atoms with Gasteiger partial charge in [0.1, 0.15) is 11.5 Å². The second kappa shape index (κ2) is 6.08. The van der Waals surface area contributed by atoms with Crippen LogP contribution in [0.25, 0.3) is 0 Å². The van der Waals surface area contributed by atoms with Crippen molar-refractivity contribution in [2.75, 3.05) is 33.4 Å². The molecule has 0 aliphatic carbocycles. The average molecular weight is 264 g/mol. The Kier molecular flexibility index (Phi) is 4.22. The number of amides is 2. The quantitative estimate of drug-likeness (QED) is 0.833. The summed E-state index contributed by atoms with van der Waals surface area (Å²) in [6.45, 7) is 1.05. The van der Waals surface area contributed by atoms with E-state index < -0.39 is 0 Å². The zero-order valence-corrected chi connectivity index (χ0v) is 10.7. The van der Waals surface area contributed by atoms with E-state index in [-0.39, 0.29) is 25.0 Å². The number of nitrogens with zero attached hydrogens (tertiary/aromatic N) is 1. The van der Waals surface area contributed by atoms with E-state index in [2.05, 4.69) is 5.32 Å². The number of ether oxygens (including phenoxy) is 2. The van der Waals surface area contributed by atoms with Gasteiger partial charge in [0.05, 0.1) is 13.7 Å². The molecule has 1 aromatic carbocycles. The minimum atomic E-state index is -0.189. The van der Waals surface area contributed by atoms with Crippen LogP contribution in [-0.2, 0) is 9.59 Å². The molecular weight excluding hydrogens is 248 g/mol. The van der Waals surface area contributed by atoms with Crippen LogP contribution in [0.3, 0.4) is 0 Å². The molecule has 1 heterocycles. The number of methoxy groups -OCH3 is 1. The molecule has 6 heteroatoms. The van der Waals surface area contributed by atoms with Crippen LogP contribution in [0, 0.1) is 0 Å². The Bertz CT molecular complexity index is 458. The third-order valence-corrected chi connectivity index (χ3v) is 2.81. The Hall–Kier alpha value is -2.24. The van der Waals surface area contributed by atoms with Gasteiger partial charge in [0, 0.05) is 13.1 Å². The predicted octanol–water partition coefficient (Wildman–Crippen LogP) is 0.0324. The Balaban J connectivity index is 1.83. The van der Waals surface area contributed by atoms with Gasteiger partial charge in [-0.15, -0.1) is 0 Å². The van der Waals surface area contributed by atoms with E-state index in [9.17, 15) is 9.59 Å². The fourth-order valence-electron chi connectivity index (χ4n) is 1.76. The highest BCUT2D eigenvalue weighted by Crippen LogP contribution is 2.16. The van der Waals surface area contributed by atoms with Crippen molar-refractivity contribution in [2.24, 2.45) is 0 Å². The topological polar surface area (TPSA) is 67.9 Å². The summed E-state index contributed by atoms with van der Waals surface area (Å²) in [6.07, 6.45) is 0. The highest BCUT2D eigenvalue weighted by atomic mass is 16.5. The maximum Gasteiger partial charge on any atom is 0.261 e. The fraction of sp³-hybridized carbons (Fsp3) is 0.385. The van der Waals surface area contributed by atoms with Gasteiger partial charge in [0.2, 0.25) is 5.91 Å². The van der Waals surface area contributed by atoms with Crippen LogP contribution in [0.5, 0.6) is 11.5 Å². The Morgan fingerprint density at radius 3 is 2.63 bits per heavy atom. The molecule has 1 aromatic rings. The molecule has 1 N–H and O–H groups in total. The maximum atomic E-state index is 11.8. The first-order valence-corrected chi connectivity index (χ1v) is 6.00. The van der Waals surface area contributed by atoms with Gasteiger partial charge >= 0.3 is 0 Å². The van der Waals surface area contributed by atoms with Crippen molar-refractivity contribution in [1.29, 1.82) is 0 Å². The zero-order valence-electron chi connectivity index (χ0n) is 10.7. The lowest BCUT2D eigenvalue weighted by Gasteiger charge is -2.26. The Morgan fingerprint density at radius 1 is 1.32 bits per heavy atom. The molecule has 0 unspecified atom stereocenters. The predicted molar refractivity (Wildman–Crippen MR) is 68.1 cm³/mol. The van der Waals surface area contributed by atoms with E-state index in [0.29, 0.717) is 18.8 Å². The van der Waals surface area contributed by atoms with Gasteiger partial charge in [-0.2, -0.15) is 0 Å². The molecule has 6 nitrogen and oxygen atoms in total. The summed E-state index contributed by atoms with van der Waals surface area (Å²) in [5.41, 5.74) is 0. The fourth-order valence-corrected chi connectivity index (χ4v) is 1.76. The number of hydrogen-bond acceptors (Lipinski definition) is 4. The number of piperazine rings is 1. The van der Waals surface area contributed by atoms with E-state index in [1.165, 1.54) is 4.90 Å². The van der Waals surface area contributed by atoms with Crippen LogP contribution in [0.2, 0.25) is 0 Å². The normalized spacial score (nSPS) is 14.8. The third-order valence-electron chi connectivity index (χ3n) is 2.81. The Morgan fingerprint density at radius 2 is 2.00 bits per heavy atom. The smallest absolute Gasteiger partial charge is 0.261 e. The molecule has 0 radical (unpaired) electrons. The number of benzene rings is 1. The first kappa shape index (κ1) is 13.2. The molecule has 0 bridgehead atoms. The van der Waals surface area contributed by atoms with Crippen LogP contribution in [0.15, 0.2) is 24.3 Å². The van der Waals surface area contributed by atoms with E-state index in [4.69, 9.17) is 9.47 Å². The van der Waals surface area contributed by atoms with Gasteiger partial charge in [-0.3, -0.25) is 9.59 Å². The molecule has 102 valence electrons. The number of carbonyl (C=O) groups is 2. The summed E-state index contributed by atoms with van der Waals surface area (Å²) in [6, 6.07) is 6.98. The number of nitrogens with one attached hydrogen (secondary N) is 1. The summed E-state index contributed by atoms with van der Waals surface area (Å²) < 4.78 is 10.4. The summed E-state index contributed by atoms with van der Waals surface area (Å²) >= 11 is 0. The second-order valence-corrected chi connectivity index (χ2v) is 4.13. The lowest BCUT2D eigenvalue weighted by molar-refractivity contribution is -0.139. The Labute approximate surface area is 111 Å². The van der Waals surface area contributed by atoms with Crippen LogP contribution < -0.4 is 14.8 Å². The van der Waals surface area contributed by atoms with Gasteiger partial charge in [0.25, 0.3) is 5.91 Å². The van der Waals surface area contributed by atoms with Gasteiger partial charge in [-0.1, -0.05) is 0 Å². The van der Waals surface area contributed by atoms with Gasteiger partial charge < -0.3 is 19.7 Å². The van der Waals surface area contributed by atoms with Gasteiger partial charge in [-0.05, 0) is 24.3 Å². The summed E-state index contributed by atoms with van der Waals surface area (Å²) in [5.74, 6) is 0.997. The van der Waals surface area contributed by atoms with Crippen LogP contribution in [0.4, 0.5) is 0 Å². The van der Waals surface area contributed by atoms with Gasteiger partial charge in [0.15, 0.2) is 6.61 Å². The van der Waals surface area contributed by atoms with Crippen molar-refractivity contribution in [1.82, 2.24) is 10.2 Å². The molecule has 2 amide bonds. The molecule has 1 aliphatic rings. The molecule has 1 saturated heterocycles. The van der Waals surface area contributed by atoms with Crippen LogP contribution in [-0.4, -0.2) is 50.1 Å². The second-order valence-electron chi connectivity index (χ2n) is 4.13. The third kappa shape index (κ3) is 3.61. The number of hydrogen-bond donors (Lipinski definition) is 1. The number of rotatable bonds is 4. The minimum absolute atomic E-state index is 0.0698. The largest absolute Gasteiger partial charge is 0.497 e. The summed E-state index contributed by atoms with van der Waals surface area (Å²) in [7, 11) is 1.58. The highest BCUT2D eigenvalue weighted by Gasteiger charge is 2.21. The van der Waals surface area contributed by atoms with E-state index in [0.717, 1.165) is 5.75 Å². The molecule has 0 spiro atoms. The summed E-state index contributed by atoms with van der Waals surface area (Å²) in [5, 5.41) is 2.67. The van der Waals surface area contributed by atoms with Crippen molar-refractivity contribution in [3.63, 3.8) is 0 Å². The average Bonchev–Trinajstić information content (AvgIpc) is 2.45. The van der Waals surface area contributed by atoms with E-state index in [1.807, 2.05) is 0 Å². The molecular formula is C13H16N2O4. The van der Waals surface area contributed by atoms with Crippen molar-refractivity contribution in [2.45, 2.75) is 0 Å². The maximum absolute atomic E-state index is 11.8. The van der Waals surface area contributed by atoms with Crippen LogP contribution >= 0.6 is 0 Å². The van der Waals surface area contributed by atoms with Crippen LogP contribution in [0.1, 0.15) is 0 Å². The van der Waals surface area contributed by atoms with E-state index in [1.54, 1.807) is 31.4 Å². The zero-order chi connectivity index (χ0) is 13.7. The molecule has 2 rings (SSSR count). The molecule has 19 heavy (non-hydrogen) atoms. The lowest BCUT2D eigenvalue weighted by Crippen LogP contribution is -2.51. The highest BCUT2D eigenvalue weighted by molar-refractivity contribution is 5.86. The molecule has 0 saturated carbocycles. The standard InChI is InChI=1S/C13H16N2O4/c1-18-10-2-4-11(5-3-10)19-9-13(17)15-7-6-14-12(16)8-15/h2-5H,6-9H2,1H3,(H,14,16). The van der Waals surface area contributed by atoms with Crippen molar-refractivity contribution < 1.29 is 19.1 Å². The first-order chi connectivity index (χ1) is 9.19. The first-order valence-electron chi connectivity index (χ1n) is 6.00.